The van der Waals surface area contributed by atoms with Gasteiger partial charge >= 0.3 is 0 Å². The molecule has 0 amide bonds. The molecule has 0 aromatic heterocycles. The third-order valence-electron chi connectivity index (χ3n) is 3.18. The van der Waals surface area contributed by atoms with Crippen LogP contribution in [-0.4, -0.2) is 11.5 Å². The highest BCUT2D eigenvalue weighted by Gasteiger charge is 2.30. The van der Waals surface area contributed by atoms with Crippen molar-refractivity contribution in [1.82, 2.24) is 0 Å². The van der Waals surface area contributed by atoms with E-state index in [0.29, 0.717) is 11.8 Å². The molecule has 1 aliphatic carbocycles. The Morgan fingerprint density at radius 3 is 2.69 bits per heavy atom. The molecule has 2 aliphatic rings. The van der Waals surface area contributed by atoms with Gasteiger partial charge in [0, 0.05) is 18.1 Å². The van der Waals surface area contributed by atoms with Crippen molar-refractivity contribution in [2.24, 2.45) is 27.8 Å². The van der Waals surface area contributed by atoms with Crippen LogP contribution in [0, 0.1) is 11.8 Å². The summed E-state index contributed by atoms with van der Waals surface area (Å²) in [6.07, 6.45) is 6.05. The molecule has 1 aliphatic heterocycles. The van der Waals surface area contributed by atoms with E-state index in [4.69, 9.17) is 5.73 Å². The molecule has 72 valence electrons. The van der Waals surface area contributed by atoms with Gasteiger partial charge in [0.05, 0.1) is 0 Å². The van der Waals surface area contributed by atoms with Crippen LogP contribution in [-0.2, 0) is 0 Å². The number of hydrogen-bond acceptors (Lipinski definition) is 3. The summed E-state index contributed by atoms with van der Waals surface area (Å²) in [7, 11) is 0. The maximum absolute atomic E-state index is 5.67. The van der Waals surface area contributed by atoms with Crippen LogP contribution < -0.4 is 5.73 Å². The Hall–Kier alpha value is -0.860. The summed E-state index contributed by atoms with van der Waals surface area (Å²) in [6, 6.07) is 0. The fraction of sp³-hybridized carbons (Fsp3) is 0.800. The molecule has 0 spiro atoms. The van der Waals surface area contributed by atoms with Gasteiger partial charge in [-0.25, -0.2) is 0 Å². The van der Waals surface area contributed by atoms with E-state index in [9.17, 15) is 0 Å². The molecule has 0 saturated heterocycles. The summed E-state index contributed by atoms with van der Waals surface area (Å²) in [5.74, 6) is 2.00. The Morgan fingerprint density at radius 1 is 1.38 bits per heavy atom. The van der Waals surface area contributed by atoms with E-state index in [1.54, 1.807) is 0 Å². The van der Waals surface area contributed by atoms with Crippen molar-refractivity contribution in [3.8, 4) is 0 Å². The minimum atomic E-state index is 0.572. The highest BCUT2D eigenvalue weighted by molar-refractivity contribution is 5.96. The Morgan fingerprint density at radius 2 is 2.15 bits per heavy atom. The predicted molar refractivity (Wildman–Crippen MR) is 54.8 cm³/mol. The maximum Gasteiger partial charge on any atom is 0.123 e. The van der Waals surface area contributed by atoms with Gasteiger partial charge in [-0.05, 0) is 25.2 Å². The summed E-state index contributed by atoms with van der Waals surface area (Å²) in [5, 5.41) is 8.26. The van der Waals surface area contributed by atoms with Crippen LogP contribution in [0.25, 0.3) is 0 Å². The van der Waals surface area contributed by atoms with Crippen LogP contribution in [0.15, 0.2) is 10.2 Å². The molecule has 1 atom stereocenters. The zero-order valence-corrected chi connectivity index (χ0v) is 8.16. The third-order valence-corrected chi connectivity index (χ3v) is 3.18. The monoisotopic (exact) mass is 179 g/mol. The minimum absolute atomic E-state index is 0.572. The molecule has 2 N–H and O–H groups in total. The van der Waals surface area contributed by atoms with Crippen LogP contribution in [0.3, 0.4) is 0 Å². The summed E-state index contributed by atoms with van der Waals surface area (Å²) >= 11 is 0. The molecule has 3 heteroatoms. The molecule has 2 rings (SSSR count). The van der Waals surface area contributed by atoms with Gasteiger partial charge in [-0.3, -0.25) is 0 Å². The van der Waals surface area contributed by atoms with E-state index in [1.165, 1.54) is 25.0 Å². The molecule has 0 bridgehead atoms. The van der Waals surface area contributed by atoms with Crippen LogP contribution >= 0.6 is 0 Å². The lowest BCUT2D eigenvalue weighted by molar-refractivity contribution is 0.393. The van der Waals surface area contributed by atoms with Gasteiger partial charge in [-0.2, -0.15) is 5.10 Å². The average Bonchev–Trinajstić information content (AvgIpc) is 2.05. The quantitative estimate of drug-likeness (QED) is 0.691. The van der Waals surface area contributed by atoms with Crippen LogP contribution in [0.4, 0.5) is 0 Å². The van der Waals surface area contributed by atoms with E-state index < -0.39 is 0 Å². The lowest BCUT2D eigenvalue weighted by atomic mass is 9.75. The first-order valence-corrected chi connectivity index (χ1v) is 5.21. The zero-order chi connectivity index (χ0) is 9.26. The maximum atomic E-state index is 5.67. The molecule has 1 saturated carbocycles. The molecule has 3 nitrogen and oxygen atoms in total. The Balaban J connectivity index is 2.12. The summed E-state index contributed by atoms with van der Waals surface area (Å²) in [6.45, 7) is 2.21. The van der Waals surface area contributed by atoms with Crippen molar-refractivity contribution >= 4 is 11.5 Å². The molecule has 0 radical (unpaired) electrons. The van der Waals surface area contributed by atoms with Crippen LogP contribution in [0.1, 0.15) is 39.0 Å². The summed E-state index contributed by atoms with van der Waals surface area (Å²) in [5.41, 5.74) is 6.99. The molecule has 1 heterocycles. The smallest absolute Gasteiger partial charge is 0.123 e. The molecular weight excluding hydrogens is 162 g/mol. The molecule has 0 aromatic carbocycles. The zero-order valence-electron chi connectivity index (χ0n) is 8.16. The molecule has 0 aromatic rings. The number of amidine groups is 1. The van der Waals surface area contributed by atoms with E-state index in [1.807, 2.05) is 0 Å². The highest BCUT2D eigenvalue weighted by Crippen LogP contribution is 2.33. The summed E-state index contributed by atoms with van der Waals surface area (Å²) < 4.78 is 0. The van der Waals surface area contributed by atoms with Gasteiger partial charge in [0.25, 0.3) is 0 Å². The largest absolute Gasteiger partial charge is 0.386 e. The highest BCUT2D eigenvalue weighted by atomic mass is 15.2. The number of nitrogens with zero attached hydrogens (tertiary/aromatic N) is 2. The second-order valence-electron chi connectivity index (χ2n) is 4.05. The third kappa shape index (κ3) is 1.60. The van der Waals surface area contributed by atoms with Crippen molar-refractivity contribution < 1.29 is 0 Å². The Bertz CT molecular complexity index is 251. The average molecular weight is 179 g/mol. The van der Waals surface area contributed by atoms with Gasteiger partial charge in [0.15, 0.2) is 0 Å². The fourth-order valence-corrected chi connectivity index (χ4v) is 2.07. The predicted octanol–water partition coefficient (Wildman–Crippen LogP) is 1.93. The summed E-state index contributed by atoms with van der Waals surface area (Å²) in [4.78, 5) is 0. The second kappa shape index (κ2) is 3.48. The van der Waals surface area contributed by atoms with Crippen molar-refractivity contribution in [3.05, 3.63) is 0 Å². The van der Waals surface area contributed by atoms with Gasteiger partial charge in [-0.15, -0.1) is 5.10 Å². The van der Waals surface area contributed by atoms with Crippen molar-refractivity contribution in [3.63, 3.8) is 0 Å². The lowest BCUT2D eigenvalue weighted by Gasteiger charge is -2.32. The first-order chi connectivity index (χ1) is 6.31. The molecule has 13 heavy (non-hydrogen) atoms. The van der Waals surface area contributed by atoms with Crippen LogP contribution in [0.5, 0.6) is 0 Å². The van der Waals surface area contributed by atoms with Crippen molar-refractivity contribution in [2.75, 3.05) is 0 Å². The fourth-order valence-electron chi connectivity index (χ4n) is 2.07. The minimum Gasteiger partial charge on any atom is -0.386 e. The Labute approximate surface area is 79.1 Å². The lowest BCUT2D eigenvalue weighted by Crippen LogP contribution is -2.33. The Kier molecular flexibility index (Phi) is 2.34. The first-order valence-electron chi connectivity index (χ1n) is 5.21. The molecular formula is C10H17N3. The van der Waals surface area contributed by atoms with Gasteiger partial charge in [0.2, 0.25) is 0 Å². The van der Waals surface area contributed by atoms with E-state index in [2.05, 4.69) is 17.1 Å². The standard InChI is InChI=1S/C10H17N3/c1-2-7-6-9(11)12-13-10(7)8-4-3-5-8/h7-8H,2-6H2,1H3,(H2,11,12). The van der Waals surface area contributed by atoms with E-state index >= 15 is 0 Å². The second-order valence-corrected chi connectivity index (χ2v) is 4.05. The van der Waals surface area contributed by atoms with E-state index in [-0.39, 0.29) is 0 Å². The normalized spacial score (nSPS) is 29.2. The number of rotatable bonds is 2. The van der Waals surface area contributed by atoms with Crippen molar-refractivity contribution in [1.29, 1.82) is 0 Å². The van der Waals surface area contributed by atoms with Gasteiger partial charge < -0.3 is 5.73 Å². The number of hydrogen-bond donors (Lipinski definition) is 1. The molecule has 1 unspecified atom stereocenters. The molecule has 1 fully saturated rings. The first kappa shape index (κ1) is 8.73. The van der Waals surface area contributed by atoms with Crippen molar-refractivity contribution in [2.45, 2.75) is 39.0 Å². The van der Waals surface area contributed by atoms with Crippen LogP contribution in [0.2, 0.25) is 0 Å². The van der Waals surface area contributed by atoms with Gasteiger partial charge in [0.1, 0.15) is 5.84 Å². The number of nitrogens with two attached hydrogens (primary N) is 1. The topological polar surface area (TPSA) is 50.7 Å². The SMILES string of the molecule is CCC1CC(N)=NN=C1C1CCC1. The van der Waals surface area contributed by atoms with E-state index in [0.717, 1.165) is 18.8 Å². The van der Waals surface area contributed by atoms with Gasteiger partial charge in [-0.1, -0.05) is 13.3 Å².